The van der Waals surface area contributed by atoms with Gasteiger partial charge in [0.2, 0.25) is 5.91 Å². The molecule has 0 spiro atoms. The van der Waals surface area contributed by atoms with Crippen molar-refractivity contribution in [3.63, 3.8) is 0 Å². The lowest BCUT2D eigenvalue weighted by atomic mass is 10.1. The summed E-state index contributed by atoms with van der Waals surface area (Å²) in [6, 6.07) is 8.91. The molecule has 0 aliphatic rings. The number of carbonyl (C=O) groups is 1. The first-order valence-electron chi connectivity index (χ1n) is 7.54. The summed E-state index contributed by atoms with van der Waals surface area (Å²) in [4.78, 5) is 23.9. The molecule has 0 radical (unpaired) electrons. The Bertz CT molecular complexity index is 780. The number of anilines is 1. The van der Waals surface area contributed by atoms with Crippen molar-refractivity contribution in [2.75, 3.05) is 11.1 Å². The summed E-state index contributed by atoms with van der Waals surface area (Å²) < 4.78 is 0. The molecule has 0 unspecified atom stereocenters. The third-order valence-electron chi connectivity index (χ3n) is 3.66. The summed E-state index contributed by atoms with van der Waals surface area (Å²) >= 11 is 1.45. The molecule has 1 N–H and O–H groups in total. The monoisotopic (exact) mass is 344 g/mol. The van der Waals surface area contributed by atoms with Gasteiger partial charge in [-0.25, -0.2) is 0 Å². The van der Waals surface area contributed by atoms with Gasteiger partial charge >= 0.3 is 0 Å². The Hall–Kier alpha value is -2.34. The van der Waals surface area contributed by atoms with Crippen molar-refractivity contribution in [1.82, 2.24) is 0 Å². The van der Waals surface area contributed by atoms with Crippen LogP contribution in [0.15, 0.2) is 35.2 Å². The van der Waals surface area contributed by atoms with Crippen LogP contribution in [0.5, 0.6) is 0 Å². The Morgan fingerprint density at radius 3 is 2.33 bits per heavy atom. The van der Waals surface area contributed by atoms with E-state index >= 15 is 0 Å². The minimum absolute atomic E-state index is 0.0870. The van der Waals surface area contributed by atoms with Gasteiger partial charge in [0, 0.05) is 11.0 Å². The van der Waals surface area contributed by atoms with Crippen molar-refractivity contribution in [3.05, 3.63) is 62.7 Å². The normalized spacial score (nSPS) is 10.5. The second-order valence-corrected chi connectivity index (χ2v) is 6.78. The van der Waals surface area contributed by atoms with Crippen LogP contribution < -0.4 is 5.32 Å². The van der Waals surface area contributed by atoms with Crippen LogP contribution in [0.25, 0.3) is 0 Å². The largest absolute Gasteiger partial charge is 0.319 e. The Labute approximate surface area is 145 Å². The van der Waals surface area contributed by atoms with Crippen molar-refractivity contribution in [2.24, 2.45) is 0 Å². The molecule has 0 heterocycles. The molecule has 2 aromatic carbocycles. The molecule has 6 heteroatoms. The van der Waals surface area contributed by atoms with Crippen LogP contribution >= 0.6 is 11.8 Å². The van der Waals surface area contributed by atoms with E-state index in [-0.39, 0.29) is 23.0 Å². The Kier molecular flexibility index (Phi) is 5.62. The number of thioether (sulfide) groups is 1. The molecule has 1 amide bonds. The van der Waals surface area contributed by atoms with E-state index in [2.05, 4.69) is 17.4 Å². The molecule has 2 aromatic rings. The summed E-state index contributed by atoms with van der Waals surface area (Å²) in [5.74, 6) is -0.0484. The quantitative estimate of drug-likeness (QED) is 0.490. The van der Waals surface area contributed by atoms with Crippen LogP contribution in [-0.4, -0.2) is 16.6 Å². The lowest BCUT2D eigenvalue weighted by molar-refractivity contribution is -0.384. The van der Waals surface area contributed by atoms with E-state index in [0.29, 0.717) is 5.56 Å². The molecule has 2 rings (SSSR count). The summed E-state index contributed by atoms with van der Waals surface area (Å²) in [5, 5.41) is 13.8. The zero-order valence-electron chi connectivity index (χ0n) is 14.2. The second-order valence-electron chi connectivity index (χ2n) is 5.79. The minimum atomic E-state index is -0.482. The number of rotatable bonds is 5. The third-order valence-corrected chi connectivity index (χ3v) is 5.00. The van der Waals surface area contributed by atoms with Gasteiger partial charge in [0.1, 0.15) is 5.69 Å². The van der Waals surface area contributed by atoms with Crippen LogP contribution in [0.4, 0.5) is 11.4 Å². The van der Waals surface area contributed by atoms with Gasteiger partial charge in [-0.3, -0.25) is 14.9 Å². The maximum Gasteiger partial charge on any atom is 0.293 e. The third kappa shape index (κ3) is 4.14. The molecule has 0 bridgehead atoms. The molecule has 0 atom stereocenters. The SMILES string of the molecule is Cc1cc(C)c(SCC(=O)Nc2c(C)cccc2[N+](=O)[O-])c(C)c1. The van der Waals surface area contributed by atoms with Crippen molar-refractivity contribution >= 4 is 29.0 Å². The van der Waals surface area contributed by atoms with E-state index in [1.54, 1.807) is 19.1 Å². The van der Waals surface area contributed by atoms with Gasteiger partial charge in [-0.1, -0.05) is 29.8 Å². The number of nitrogens with zero attached hydrogens (tertiary/aromatic N) is 1. The van der Waals surface area contributed by atoms with E-state index in [0.717, 1.165) is 16.0 Å². The number of benzene rings is 2. The van der Waals surface area contributed by atoms with Gasteiger partial charge in [-0.15, -0.1) is 11.8 Å². The van der Waals surface area contributed by atoms with Gasteiger partial charge < -0.3 is 5.32 Å². The number of carbonyl (C=O) groups excluding carboxylic acids is 1. The smallest absolute Gasteiger partial charge is 0.293 e. The molecule has 0 saturated carbocycles. The number of nitrogens with one attached hydrogen (secondary N) is 1. The van der Waals surface area contributed by atoms with Crippen molar-refractivity contribution < 1.29 is 9.72 Å². The van der Waals surface area contributed by atoms with Crippen molar-refractivity contribution in [2.45, 2.75) is 32.6 Å². The molecule has 126 valence electrons. The molecular weight excluding hydrogens is 324 g/mol. The summed E-state index contributed by atoms with van der Waals surface area (Å²) in [7, 11) is 0. The molecule has 0 saturated heterocycles. The Balaban J connectivity index is 2.12. The van der Waals surface area contributed by atoms with Crippen LogP contribution in [0, 0.1) is 37.8 Å². The number of nitro groups is 1. The number of aryl methyl sites for hydroxylation is 4. The molecule has 0 fully saturated rings. The summed E-state index contributed by atoms with van der Waals surface area (Å²) in [6.07, 6.45) is 0. The first-order chi connectivity index (χ1) is 11.3. The van der Waals surface area contributed by atoms with Gasteiger partial charge in [0.25, 0.3) is 5.69 Å². The Morgan fingerprint density at radius 2 is 1.75 bits per heavy atom. The average molecular weight is 344 g/mol. The van der Waals surface area contributed by atoms with E-state index in [9.17, 15) is 14.9 Å². The van der Waals surface area contributed by atoms with Crippen LogP contribution in [0.1, 0.15) is 22.3 Å². The topological polar surface area (TPSA) is 72.2 Å². The van der Waals surface area contributed by atoms with Gasteiger partial charge in [0.15, 0.2) is 0 Å². The minimum Gasteiger partial charge on any atom is -0.319 e. The fourth-order valence-corrected chi connectivity index (χ4v) is 3.60. The maximum atomic E-state index is 12.2. The number of amides is 1. The Morgan fingerprint density at radius 1 is 1.12 bits per heavy atom. The zero-order valence-corrected chi connectivity index (χ0v) is 15.0. The number of hydrogen-bond donors (Lipinski definition) is 1. The second kappa shape index (κ2) is 7.49. The number of nitro benzene ring substituents is 1. The van der Waals surface area contributed by atoms with E-state index in [1.165, 1.54) is 23.4 Å². The highest BCUT2D eigenvalue weighted by Crippen LogP contribution is 2.30. The van der Waals surface area contributed by atoms with Crippen molar-refractivity contribution in [1.29, 1.82) is 0 Å². The predicted octanol–water partition coefficient (Wildman–Crippen LogP) is 4.56. The van der Waals surface area contributed by atoms with Crippen molar-refractivity contribution in [3.8, 4) is 0 Å². The molecule has 24 heavy (non-hydrogen) atoms. The number of hydrogen-bond acceptors (Lipinski definition) is 4. The molecule has 5 nitrogen and oxygen atoms in total. The van der Waals surface area contributed by atoms with E-state index < -0.39 is 4.92 Å². The molecule has 0 aliphatic heterocycles. The van der Waals surface area contributed by atoms with Gasteiger partial charge in [-0.2, -0.15) is 0 Å². The maximum absolute atomic E-state index is 12.2. The molecule has 0 aliphatic carbocycles. The van der Waals surface area contributed by atoms with Crippen LogP contribution in [0.3, 0.4) is 0 Å². The average Bonchev–Trinajstić information content (AvgIpc) is 2.47. The number of para-hydroxylation sites is 1. The van der Waals surface area contributed by atoms with Gasteiger partial charge in [-0.05, 0) is 44.4 Å². The summed E-state index contributed by atoms with van der Waals surface area (Å²) in [6.45, 7) is 7.82. The first-order valence-corrected chi connectivity index (χ1v) is 8.52. The lowest BCUT2D eigenvalue weighted by Gasteiger charge is -2.12. The fourth-order valence-electron chi connectivity index (χ4n) is 2.67. The molecule has 0 aromatic heterocycles. The van der Waals surface area contributed by atoms with E-state index in [4.69, 9.17) is 0 Å². The predicted molar refractivity (Wildman–Crippen MR) is 97.8 cm³/mol. The zero-order chi connectivity index (χ0) is 17.9. The highest BCUT2D eigenvalue weighted by atomic mass is 32.2. The first kappa shape index (κ1) is 18.0. The standard InChI is InChI=1S/C18H20N2O3S/c1-11-8-13(3)18(14(4)9-11)24-10-16(21)19-17-12(2)6-5-7-15(17)20(22)23/h5-9H,10H2,1-4H3,(H,19,21). The highest BCUT2D eigenvalue weighted by Gasteiger charge is 2.18. The fraction of sp³-hybridized carbons (Fsp3) is 0.278. The van der Waals surface area contributed by atoms with Crippen LogP contribution in [-0.2, 0) is 4.79 Å². The lowest BCUT2D eigenvalue weighted by Crippen LogP contribution is -2.16. The van der Waals surface area contributed by atoms with Crippen LogP contribution in [0.2, 0.25) is 0 Å². The molecular formula is C18H20N2O3S. The van der Waals surface area contributed by atoms with Gasteiger partial charge in [0.05, 0.1) is 10.7 Å². The van der Waals surface area contributed by atoms with E-state index in [1.807, 2.05) is 20.8 Å². The highest BCUT2D eigenvalue weighted by molar-refractivity contribution is 8.00. The summed E-state index contributed by atoms with van der Waals surface area (Å²) in [5.41, 5.74) is 4.31.